The molecule has 1 aliphatic rings. The smallest absolute Gasteiger partial charge is 0.110 e. The first-order valence-corrected chi connectivity index (χ1v) is 8.16. The SMILES string of the molecule is Cc1nc(C)n2c1CNC(c1ccccc1)c1cc(Cl)ccc1-2. The van der Waals surface area contributed by atoms with E-state index < -0.39 is 0 Å². The number of nitrogens with zero attached hydrogens (tertiary/aromatic N) is 2. The Bertz CT molecular complexity index is 868. The molecule has 0 saturated carbocycles. The maximum absolute atomic E-state index is 6.30. The van der Waals surface area contributed by atoms with Gasteiger partial charge in [0.1, 0.15) is 5.82 Å². The number of hydrogen-bond donors (Lipinski definition) is 1. The number of benzene rings is 2. The Morgan fingerprint density at radius 3 is 2.70 bits per heavy atom. The lowest BCUT2D eigenvalue weighted by Crippen LogP contribution is -2.21. The summed E-state index contributed by atoms with van der Waals surface area (Å²) in [4.78, 5) is 4.64. The summed E-state index contributed by atoms with van der Waals surface area (Å²) in [6.07, 6.45) is 0. The van der Waals surface area contributed by atoms with Gasteiger partial charge in [0.2, 0.25) is 0 Å². The van der Waals surface area contributed by atoms with Crippen molar-refractivity contribution in [2.45, 2.75) is 26.4 Å². The zero-order valence-corrected chi connectivity index (χ0v) is 13.9. The minimum Gasteiger partial charge on any atom is -0.300 e. The van der Waals surface area contributed by atoms with E-state index in [1.807, 2.05) is 12.1 Å². The van der Waals surface area contributed by atoms with Gasteiger partial charge in [-0.05, 0) is 43.2 Å². The fourth-order valence-corrected chi connectivity index (χ4v) is 3.63. The Kier molecular flexibility index (Phi) is 3.47. The molecule has 116 valence electrons. The molecule has 3 nitrogen and oxygen atoms in total. The minimum absolute atomic E-state index is 0.114. The highest BCUT2D eigenvalue weighted by Crippen LogP contribution is 2.34. The lowest BCUT2D eigenvalue weighted by atomic mass is 9.97. The van der Waals surface area contributed by atoms with Crippen LogP contribution in [0.25, 0.3) is 5.69 Å². The fraction of sp³-hybridized carbons (Fsp3) is 0.211. The zero-order valence-electron chi connectivity index (χ0n) is 13.2. The summed E-state index contributed by atoms with van der Waals surface area (Å²) < 4.78 is 2.25. The molecule has 23 heavy (non-hydrogen) atoms. The predicted octanol–water partition coefficient (Wildman–Crippen LogP) is 4.34. The minimum atomic E-state index is 0.114. The monoisotopic (exact) mass is 323 g/mol. The van der Waals surface area contributed by atoms with Gasteiger partial charge in [0.15, 0.2) is 0 Å². The van der Waals surface area contributed by atoms with Crippen LogP contribution in [0.3, 0.4) is 0 Å². The van der Waals surface area contributed by atoms with Crippen LogP contribution in [-0.2, 0) is 6.54 Å². The second-order valence-corrected chi connectivity index (χ2v) is 6.39. The summed E-state index contributed by atoms with van der Waals surface area (Å²) in [5, 5.41) is 4.43. The van der Waals surface area contributed by atoms with Gasteiger partial charge < -0.3 is 5.32 Å². The average Bonchev–Trinajstić information content (AvgIpc) is 2.74. The van der Waals surface area contributed by atoms with E-state index in [1.165, 1.54) is 16.8 Å². The number of imidazole rings is 1. The molecular formula is C19H18ClN3. The van der Waals surface area contributed by atoms with E-state index in [-0.39, 0.29) is 6.04 Å². The fourth-order valence-electron chi connectivity index (χ4n) is 3.45. The normalized spacial score (nSPS) is 16.6. The van der Waals surface area contributed by atoms with Crippen molar-refractivity contribution in [3.8, 4) is 5.69 Å². The molecule has 2 heterocycles. The van der Waals surface area contributed by atoms with Crippen molar-refractivity contribution in [1.29, 1.82) is 0 Å². The van der Waals surface area contributed by atoms with Crippen LogP contribution in [0.4, 0.5) is 0 Å². The largest absolute Gasteiger partial charge is 0.300 e. The molecule has 0 aliphatic carbocycles. The molecule has 4 rings (SSSR count). The van der Waals surface area contributed by atoms with E-state index in [0.29, 0.717) is 0 Å². The maximum Gasteiger partial charge on any atom is 0.110 e. The number of aryl methyl sites for hydroxylation is 2. The third kappa shape index (κ3) is 2.37. The van der Waals surface area contributed by atoms with Gasteiger partial charge in [0.25, 0.3) is 0 Å². The number of halogens is 1. The summed E-state index contributed by atoms with van der Waals surface area (Å²) in [5.41, 5.74) is 5.86. The second kappa shape index (κ2) is 5.52. The Morgan fingerprint density at radius 1 is 1.13 bits per heavy atom. The van der Waals surface area contributed by atoms with E-state index in [2.05, 4.69) is 65.1 Å². The molecule has 4 heteroatoms. The molecule has 1 unspecified atom stereocenters. The molecule has 0 bridgehead atoms. The Morgan fingerprint density at radius 2 is 1.91 bits per heavy atom. The highest BCUT2D eigenvalue weighted by Gasteiger charge is 2.25. The van der Waals surface area contributed by atoms with Gasteiger partial charge >= 0.3 is 0 Å². The van der Waals surface area contributed by atoms with E-state index in [9.17, 15) is 0 Å². The number of aromatic nitrogens is 2. The van der Waals surface area contributed by atoms with Gasteiger partial charge in [-0.3, -0.25) is 4.57 Å². The summed E-state index contributed by atoms with van der Waals surface area (Å²) in [6.45, 7) is 4.90. The van der Waals surface area contributed by atoms with Crippen LogP contribution in [0, 0.1) is 13.8 Å². The van der Waals surface area contributed by atoms with Crippen LogP contribution >= 0.6 is 11.6 Å². The molecule has 0 amide bonds. The number of nitrogens with one attached hydrogen (secondary N) is 1. The number of fused-ring (bicyclic) bond motifs is 3. The van der Waals surface area contributed by atoms with Gasteiger partial charge in [-0.15, -0.1) is 0 Å². The maximum atomic E-state index is 6.30. The van der Waals surface area contributed by atoms with Gasteiger partial charge in [-0.25, -0.2) is 4.98 Å². The first-order chi connectivity index (χ1) is 11.1. The molecule has 2 aromatic carbocycles. The van der Waals surface area contributed by atoms with Crippen LogP contribution < -0.4 is 5.32 Å². The number of hydrogen-bond acceptors (Lipinski definition) is 2. The summed E-state index contributed by atoms with van der Waals surface area (Å²) in [7, 11) is 0. The van der Waals surface area contributed by atoms with Crippen LogP contribution in [0.1, 0.15) is 34.4 Å². The Labute approximate surface area is 140 Å². The molecule has 0 spiro atoms. The van der Waals surface area contributed by atoms with Crippen molar-refractivity contribution >= 4 is 11.6 Å². The molecule has 1 aromatic heterocycles. The third-order valence-corrected chi connectivity index (χ3v) is 4.72. The first-order valence-electron chi connectivity index (χ1n) is 7.78. The van der Waals surface area contributed by atoms with Crippen molar-refractivity contribution in [3.63, 3.8) is 0 Å². The van der Waals surface area contributed by atoms with Gasteiger partial charge in [-0.1, -0.05) is 41.9 Å². The first kappa shape index (κ1) is 14.5. The highest BCUT2D eigenvalue weighted by atomic mass is 35.5. The standard InChI is InChI=1S/C19H18ClN3/c1-12-18-11-21-19(14-6-4-3-5-7-14)16-10-15(20)8-9-17(16)23(18)13(2)22-12/h3-10,19,21H,11H2,1-2H3. The third-order valence-electron chi connectivity index (χ3n) is 4.49. The number of rotatable bonds is 1. The molecule has 0 radical (unpaired) electrons. The van der Waals surface area contributed by atoms with Crippen molar-refractivity contribution in [2.75, 3.05) is 0 Å². The lowest BCUT2D eigenvalue weighted by molar-refractivity contribution is 0.607. The Balaban J connectivity index is 1.97. The highest BCUT2D eigenvalue weighted by molar-refractivity contribution is 6.30. The summed E-state index contributed by atoms with van der Waals surface area (Å²) in [6, 6.07) is 16.7. The molecular weight excluding hydrogens is 306 g/mol. The van der Waals surface area contributed by atoms with Crippen LogP contribution in [0.5, 0.6) is 0 Å². The van der Waals surface area contributed by atoms with Gasteiger partial charge in [0, 0.05) is 11.6 Å². The Hall–Kier alpha value is -2.10. The molecule has 1 aliphatic heterocycles. The molecule has 1 atom stereocenters. The van der Waals surface area contributed by atoms with Gasteiger partial charge in [0.05, 0.1) is 23.1 Å². The average molecular weight is 324 g/mol. The second-order valence-electron chi connectivity index (χ2n) is 5.95. The predicted molar refractivity (Wildman–Crippen MR) is 93.2 cm³/mol. The zero-order chi connectivity index (χ0) is 16.0. The van der Waals surface area contributed by atoms with E-state index in [1.54, 1.807) is 0 Å². The lowest BCUT2D eigenvalue weighted by Gasteiger charge is -2.20. The van der Waals surface area contributed by atoms with Crippen molar-refractivity contribution < 1.29 is 0 Å². The van der Waals surface area contributed by atoms with Crippen LogP contribution in [0.15, 0.2) is 48.5 Å². The van der Waals surface area contributed by atoms with E-state index in [4.69, 9.17) is 11.6 Å². The molecule has 3 aromatic rings. The molecule has 0 fully saturated rings. The summed E-state index contributed by atoms with van der Waals surface area (Å²) in [5.74, 6) is 1.01. The molecule has 1 N–H and O–H groups in total. The summed E-state index contributed by atoms with van der Waals surface area (Å²) >= 11 is 6.30. The topological polar surface area (TPSA) is 29.9 Å². The van der Waals surface area contributed by atoms with Crippen LogP contribution in [-0.4, -0.2) is 9.55 Å². The van der Waals surface area contributed by atoms with Gasteiger partial charge in [-0.2, -0.15) is 0 Å². The van der Waals surface area contributed by atoms with Crippen molar-refractivity contribution in [1.82, 2.24) is 14.9 Å². The van der Waals surface area contributed by atoms with Crippen LogP contribution in [0.2, 0.25) is 5.02 Å². The van der Waals surface area contributed by atoms with Crippen molar-refractivity contribution in [2.24, 2.45) is 0 Å². The van der Waals surface area contributed by atoms with Crippen molar-refractivity contribution in [3.05, 3.63) is 81.9 Å². The van der Waals surface area contributed by atoms with E-state index >= 15 is 0 Å². The quantitative estimate of drug-likeness (QED) is 0.722. The molecule has 0 saturated heterocycles. The van der Waals surface area contributed by atoms with E-state index in [0.717, 1.165) is 28.8 Å².